The predicted octanol–water partition coefficient (Wildman–Crippen LogP) is 3.36. The summed E-state index contributed by atoms with van der Waals surface area (Å²) in [5.74, 6) is 0.165. The quantitative estimate of drug-likeness (QED) is 0.833. The fraction of sp³-hybridized carbons (Fsp3) is 0.533. The molecule has 0 saturated heterocycles. The molecule has 106 valence electrons. The van der Waals surface area contributed by atoms with E-state index in [1.165, 1.54) is 5.56 Å². The van der Waals surface area contributed by atoms with Crippen molar-refractivity contribution in [3.63, 3.8) is 0 Å². The molecule has 0 radical (unpaired) electrons. The lowest BCUT2D eigenvalue weighted by atomic mass is 10.0. The van der Waals surface area contributed by atoms with Crippen LogP contribution in [0.4, 0.5) is 0 Å². The molecule has 0 aromatic heterocycles. The summed E-state index contributed by atoms with van der Waals surface area (Å²) in [5, 5.41) is 3.35. The fourth-order valence-corrected chi connectivity index (χ4v) is 2.54. The highest BCUT2D eigenvalue weighted by atomic mass is 79.9. The van der Waals surface area contributed by atoms with Gasteiger partial charge in [-0.25, -0.2) is 0 Å². The molecule has 0 fully saturated rings. The van der Waals surface area contributed by atoms with Crippen LogP contribution in [0.15, 0.2) is 28.7 Å². The van der Waals surface area contributed by atoms with Crippen molar-refractivity contribution in [3.8, 4) is 0 Å². The molecular formula is C15H23BrN2O. The normalized spacial score (nSPS) is 12.2. The summed E-state index contributed by atoms with van der Waals surface area (Å²) in [6.07, 6.45) is 0.960. The lowest BCUT2D eigenvalue weighted by molar-refractivity contribution is -0.130. The van der Waals surface area contributed by atoms with Crippen molar-refractivity contribution in [3.05, 3.63) is 34.3 Å². The summed E-state index contributed by atoms with van der Waals surface area (Å²) in [5.41, 5.74) is 1.21. The van der Waals surface area contributed by atoms with Gasteiger partial charge in [0.05, 0.1) is 6.54 Å². The fourth-order valence-electron chi connectivity index (χ4n) is 2.12. The molecule has 1 atom stereocenters. The zero-order valence-electron chi connectivity index (χ0n) is 11.9. The van der Waals surface area contributed by atoms with Crippen LogP contribution in [0, 0.1) is 0 Å². The number of hydrogen-bond acceptors (Lipinski definition) is 2. The number of hydrogen-bond donors (Lipinski definition) is 1. The van der Waals surface area contributed by atoms with Crippen LogP contribution < -0.4 is 5.32 Å². The van der Waals surface area contributed by atoms with E-state index in [-0.39, 0.29) is 11.9 Å². The van der Waals surface area contributed by atoms with E-state index in [1.807, 2.05) is 30.9 Å². The topological polar surface area (TPSA) is 32.3 Å². The number of nitrogens with one attached hydrogen (secondary N) is 1. The first kappa shape index (κ1) is 16.2. The molecule has 0 aliphatic heterocycles. The van der Waals surface area contributed by atoms with Crippen LogP contribution in [0.2, 0.25) is 0 Å². The SMILES string of the molecule is CCC(NCC(=O)N(CC)CC)c1cccc(Br)c1. The molecule has 0 aliphatic rings. The van der Waals surface area contributed by atoms with Crippen LogP contribution >= 0.6 is 15.9 Å². The average Bonchev–Trinajstić information content (AvgIpc) is 2.41. The number of rotatable bonds is 7. The molecule has 0 saturated carbocycles. The van der Waals surface area contributed by atoms with E-state index < -0.39 is 0 Å². The zero-order valence-corrected chi connectivity index (χ0v) is 13.5. The molecule has 1 N–H and O–H groups in total. The Morgan fingerprint density at radius 3 is 2.53 bits per heavy atom. The number of halogens is 1. The molecule has 4 heteroatoms. The van der Waals surface area contributed by atoms with Crippen molar-refractivity contribution in [1.82, 2.24) is 10.2 Å². The highest BCUT2D eigenvalue weighted by Gasteiger charge is 2.13. The maximum Gasteiger partial charge on any atom is 0.236 e. The van der Waals surface area contributed by atoms with Gasteiger partial charge in [-0.3, -0.25) is 4.79 Å². The second-order valence-corrected chi connectivity index (χ2v) is 5.38. The molecule has 1 rings (SSSR count). The molecule has 1 aromatic rings. The molecule has 0 bridgehead atoms. The van der Waals surface area contributed by atoms with Gasteiger partial charge >= 0.3 is 0 Å². The smallest absolute Gasteiger partial charge is 0.236 e. The standard InChI is InChI=1S/C15H23BrN2O/c1-4-14(12-8-7-9-13(16)10-12)17-11-15(19)18(5-2)6-3/h7-10,14,17H,4-6,11H2,1-3H3. The van der Waals surface area contributed by atoms with Gasteiger partial charge in [-0.2, -0.15) is 0 Å². The summed E-state index contributed by atoms with van der Waals surface area (Å²) in [6.45, 7) is 8.07. The molecule has 19 heavy (non-hydrogen) atoms. The minimum atomic E-state index is 0.165. The molecular weight excluding hydrogens is 304 g/mol. The summed E-state index contributed by atoms with van der Waals surface area (Å²) < 4.78 is 1.07. The van der Waals surface area contributed by atoms with Gasteiger partial charge in [0, 0.05) is 23.6 Å². The lowest BCUT2D eigenvalue weighted by Crippen LogP contribution is -2.39. The van der Waals surface area contributed by atoms with Gasteiger partial charge in [-0.05, 0) is 38.0 Å². The van der Waals surface area contributed by atoms with E-state index in [4.69, 9.17) is 0 Å². The Balaban J connectivity index is 2.61. The first-order valence-corrected chi connectivity index (χ1v) is 7.68. The summed E-state index contributed by atoms with van der Waals surface area (Å²) in [4.78, 5) is 13.8. The molecule has 3 nitrogen and oxygen atoms in total. The van der Waals surface area contributed by atoms with Crippen molar-refractivity contribution >= 4 is 21.8 Å². The Labute approximate surface area is 124 Å². The summed E-state index contributed by atoms with van der Waals surface area (Å²) in [6, 6.07) is 8.45. The lowest BCUT2D eigenvalue weighted by Gasteiger charge is -2.22. The van der Waals surface area contributed by atoms with Crippen LogP contribution in [0.3, 0.4) is 0 Å². The van der Waals surface area contributed by atoms with Gasteiger partial charge < -0.3 is 10.2 Å². The Hall–Kier alpha value is -0.870. The monoisotopic (exact) mass is 326 g/mol. The van der Waals surface area contributed by atoms with Crippen molar-refractivity contribution < 1.29 is 4.79 Å². The van der Waals surface area contributed by atoms with E-state index in [2.05, 4.69) is 40.3 Å². The third kappa shape index (κ3) is 4.96. The minimum absolute atomic E-state index is 0.165. The molecule has 1 aromatic carbocycles. The van der Waals surface area contributed by atoms with Crippen molar-refractivity contribution in [2.75, 3.05) is 19.6 Å². The number of amides is 1. The Morgan fingerprint density at radius 1 is 1.32 bits per heavy atom. The number of nitrogens with zero attached hydrogens (tertiary/aromatic N) is 1. The number of carbonyl (C=O) groups excluding carboxylic acids is 1. The largest absolute Gasteiger partial charge is 0.342 e. The molecule has 0 spiro atoms. The third-order valence-corrected chi connectivity index (χ3v) is 3.77. The average molecular weight is 327 g/mol. The molecule has 1 unspecified atom stereocenters. The number of likely N-dealkylation sites (N-methyl/N-ethyl adjacent to an activating group) is 1. The van der Waals surface area contributed by atoms with Crippen molar-refractivity contribution in [1.29, 1.82) is 0 Å². The van der Waals surface area contributed by atoms with E-state index in [1.54, 1.807) is 0 Å². The second-order valence-electron chi connectivity index (χ2n) is 4.46. The van der Waals surface area contributed by atoms with Gasteiger partial charge in [0.25, 0.3) is 0 Å². The minimum Gasteiger partial charge on any atom is -0.342 e. The van der Waals surface area contributed by atoms with E-state index in [0.717, 1.165) is 24.0 Å². The summed E-state index contributed by atoms with van der Waals surface area (Å²) in [7, 11) is 0. The maximum absolute atomic E-state index is 12.0. The maximum atomic E-state index is 12.0. The first-order valence-electron chi connectivity index (χ1n) is 6.88. The molecule has 0 heterocycles. The van der Waals surface area contributed by atoms with Gasteiger partial charge in [-0.1, -0.05) is 35.0 Å². The molecule has 1 amide bonds. The Bertz CT molecular complexity index is 405. The van der Waals surface area contributed by atoms with E-state index in [9.17, 15) is 4.79 Å². The number of carbonyl (C=O) groups is 1. The first-order chi connectivity index (χ1) is 9.12. The summed E-state index contributed by atoms with van der Waals surface area (Å²) >= 11 is 3.48. The van der Waals surface area contributed by atoms with Crippen LogP contribution in [0.1, 0.15) is 38.8 Å². The van der Waals surface area contributed by atoms with Crippen LogP contribution in [-0.4, -0.2) is 30.4 Å². The van der Waals surface area contributed by atoms with Crippen LogP contribution in [0.5, 0.6) is 0 Å². The highest BCUT2D eigenvalue weighted by molar-refractivity contribution is 9.10. The van der Waals surface area contributed by atoms with Crippen LogP contribution in [0.25, 0.3) is 0 Å². The second kappa shape index (κ2) is 8.33. The zero-order chi connectivity index (χ0) is 14.3. The van der Waals surface area contributed by atoms with Crippen LogP contribution in [-0.2, 0) is 4.79 Å². The third-order valence-electron chi connectivity index (χ3n) is 3.28. The highest BCUT2D eigenvalue weighted by Crippen LogP contribution is 2.20. The van der Waals surface area contributed by atoms with Gasteiger partial charge in [-0.15, -0.1) is 0 Å². The number of benzene rings is 1. The Kier molecular flexibility index (Phi) is 7.10. The Morgan fingerprint density at radius 2 is 2.00 bits per heavy atom. The van der Waals surface area contributed by atoms with Crippen molar-refractivity contribution in [2.24, 2.45) is 0 Å². The van der Waals surface area contributed by atoms with Gasteiger partial charge in [0.1, 0.15) is 0 Å². The van der Waals surface area contributed by atoms with Crippen molar-refractivity contribution in [2.45, 2.75) is 33.2 Å². The van der Waals surface area contributed by atoms with E-state index >= 15 is 0 Å². The molecule has 0 aliphatic carbocycles. The van der Waals surface area contributed by atoms with Gasteiger partial charge in [0.2, 0.25) is 5.91 Å². The predicted molar refractivity (Wildman–Crippen MR) is 83.1 cm³/mol. The van der Waals surface area contributed by atoms with Gasteiger partial charge in [0.15, 0.2) is 0 Å². The van der Waals surface area contributed by atoms with E-state index in [0.29, 0.717) is 6.54 Å².